The molecule has 0 amide bonds. The zero-order valence-electron chi connectivity index (χ0n) is 11.2. The predicted molar refractivity (Wildman–Crippen MR) is 70.5 cm³/mol. The highest BCUT2D eigenvalue weighted by molar-refractivity contribution is 6.00. The number of aryl methyl sites for hydroxylation is 2. The van der Waals surface area contributed by atoms with Crippen LogP contribution in [0.15, 0.2) is 18.2 Å². The van der Waals surface area contributed by atoms with Gasteiger partial charge in [-0.25, -0.2) is 0 Å². The van der Waals surface area contributed by atoms with Crippen LogP contribution in [0.25, 0.3) is 0 Å². The largest absolute Gasteiger partial charge is 0.294 e. The fourth-order valence-corrected chi connectivity index (χ4v) is 2.12. The molecule has 0 aromatic heterocycles. The van der Waals surface area contributed by atoms with Gasteiger partial charge in [0.05, 0.1) is 6.04 Å². The Morgan fingerprint density at radius 3 is 2.47 bits per heavy atom. The van der Waals surface area contributed by atoms with Gasteiger partial charge in [0.15, 0.2) is 5.78 Å². The molecule has 0 spiro atoms. The van der Waals surface area contributed by atoms with Crippen LogP contribution in [0.5, 0.6) is 0 Å². The highest BCUT2D eigenvalue weighted by atomic mass is 16.1. The van der Waals surface area contributed by atoms with E-state index < -0.39 is 0 Å². The van der Waals surface area contributed by atoms with Crippen molar-refractivity contribution in [1.82, 2.24) is 4.90 Å². The highest BCUT2D eigenvalue weighted by Crippen LogP contribution is 2.28. The SMILES string of the molecule is Cc1ccc(C(=O)C(C)N(C)C2CC2)cc1C. The second kappa shape index (κ2) is 4.61. The monoisotopic (exact) mass is 231 g/mol. The summed E-state index contributed by atoms with van der Waals surface area (Å²) in [6, 6.07) is 6.61. The maximum Gasteiger partial charge on any atom is 0.179 e. The van der Waals surface area contributed by atoms with Gasteiger partial charge in [0, 0.05) is 11.6 Å². The molecular formula is C15H21NO. The third kappa shape index (κ3) is 2.58. The molecule has 0 bridgehead atoms. The lowest BCUT2D eigenvalue weighted by atomic mass is 10.00. The topological polar surface area (TPSA) is 20.3 Å². The average Bonchev–Trinajstić information content (AvgIpc) is 3.14. The Balaban J connectivity index is 2.15. The smallest absolute Gasteiger partial charge is 0.179 e. The number of benzene rings is 1. The number of hydrogen-bond acceptors (Lipinski definition) is 2. The second-order valence-corrected chi connectivity index (χ2v) is 5.24. The summed E-state index contributed by atoms with van der Waals surface area (Å²) in [5.41, 5.74) is 3.27. The minimum absolute atomic E-state index is 0.00962. The molecule has 2 nitrogen and oxygen atoms in total. The van der Waals surface area contributed by atoms with Gasteiger partial charge in [0.25, 0.3) is 0 Å². The summed E-state index contributed by atoms with van der Waals surface area (Å²) < 4.78 is 0. The maximum atomic E-state index is 12.3. The van der Waals surface area contributed by atoms with E-state index in [4.69, 9.17) is 0 Å². The Kier molecular flexibility index (Phi) is 3.34. The number of rotatable bonds is 4. The van der Waals surface area contributed by atoms with Gasteiger partial charge in [-0.1, -0.05) is 12.1 Å². The number of carbonyl (C=O) groups is 1. The summed E-state index contributed by atoms with van der Waals surface area (Å²) in [4.78, 5) is 14.5. The average molecular weight is 231 g/mol. The molecule has 1 aliphatic rings. The van der Waals surface area contributed by atoms with E-state index in [2.05, 4.69) is 25.8 Å². The van der Waals surface area contributed by atoms with Gasteiger partial charge >= 0.3 is 0 Å². The van der Waals surface area contributed by atoms with Gasteiger partial charge < -0.3 is 0 Å². The van der Waals surface area contributed by atoms with Crippen LogP contribution >= 0.6 is 0 Å². The zero-order chi connectivity index (χ0) is 12.6. The third-order valence-electron chi connectivity index (χ3n) is 3.90. The molecule has 1 saturated carbocycles. The lowest BCUT2D eigenvalue weighted by Gasteiger charge is -2.23. The lowest BCUT2D eigenvalue weighted by molar-refractivity contribution is 0.0861. The van der Waals surface area contributed by atoms with Crippen molar-refractivity contribution in [2.24, 2.45) is 0 Å². The maximum absolute atomic E-state index is 12.3. The van der Waals surface area contributed by atoms with Crippen LogP contribution in [-0.2, 0) is 0 Å². The third-order valence-corrected chi connectivity index (χ3v) is 3.90. The molecule has 0 aliphatic heterocycles. The molecule has 0 N–H and O–H groups in total. The van der Waals surface area contributed by atoms with Crippen LogP contribution in [0.1, 0.15) is 41.3 Å². The van der Waals surface area contributed by atoms with E-state index in [-0.39, 0.29) is 11.8 Å². The minimum atomic E-state index is -0.00962. The van der Waals surface area contributed by atoms with Crippen LogP contribution in [-0.4, -0.2) is 29.8 Å². The van der Waals surface area contributed by atoms with Crippen molar-refractivity contribution >= 4 is 5.78 Å². The predicted octanol–water partition coefficient (Wildman–Crippen LogP) is 2.97. The van der Waals surface area contributed by atoms with Crippen LogP contribution in [0.4, 0.5) is 0 Å². The van der Waals surface area contributed by atoms with Gasteiger partial charge in [-0.05, 0) is 57.9 Å². The summed E-state index contributed by atoms with van der Waals surface area (Å²) in [5.74, 6) is 0.238. The summed E-state index contributed by atoms with van der Waals surface area (Å²) in [6.07, 6.45) is 2.47. The first-order valence-electron chi connectivity index (χ1n) is 6.34. The fourth-order valence-electron chi connectivity index (χ4n) is 2.12. The van der Waals surface area contributed by atoms with Gasteiger partial charge in [0.1, 0.15) is 0 Å². The van der Waals surface area contributed by atoms with Gasteiger partial charge in [0.2, 0.25) is 0 Å². The summed E-state index contributed by atoms with van der Waals surface area (Å²) >= 11 is 0. The Morgan fingerprint density at radius 1 is 1.29 bits per heavy atom. The summed E-state index contributed by atoms with van der Waals surface area (Å²) in [6.45, 7) is 6.14. The molecule has 1 aliphatic carbocycles. The molecule has 0 saturated heterocycles. The second-order valence-electron chi connectivity index (χ2n) is 5.24. The van der Waals surface area contributed by atoms with Crippen molar-refractivity contribution in [1.29, 1.82) is 0 Å². The van der Waals surface area contributed by atoms with Crippen molar-refractivity contribution < 1.29 is 4.79 Å². The molecule has 2 rings (SSSR count). The Labute approximate surface area is 104 Å². The minimum Gasteiger partial charge on any atom is -0.294 e. The van der Waals surface area contributed by atoms with Gasteiger partial charge in [-0.3, -0.25) is 9.69 Å². The van der Waals surface area contributed by atoms with Crippen molar-refractivity contribution in [3.8, 4) is 0 Å². The van der Waals surface area contributed by atoms with E-state index in [1.54, 1.807) is 0 Å². The van der Waals surface area contributed by atoms with Crippen LogP contribution in [0.2, 0.25) is 0 Å². The fraction of sp³-hybridized carbons (Fsp3) is 0.533. The molecule has 17 heavy (non-hydrogen) atoms. The van der Waals surface area contributed by atoms with Crippen LogP contribution in [0, 0.1) is 13.8 Å². The molecule has 0 heterocycles. The Bertz CT molecular complexity index is 435. The van der Waals surface area contributed by atoms with E-state index in [0.29, 0.717) is 6.04 Å². The molecule has 1 unspecified atom stereocenters. The number of Topliss-reactive ketones (excluding diaryl/α,β-unsaturated/α-hetero) is 1. The van der Waals surface area contributed by atoms with E-state index >= 15 is 0 Å². The molecule has 92 valence electrons. The van der Waals surface area contributed by atoms with Crippen molar-refractivity contribution in [3.63, 3.8) is 0 Å². The molecule has 1 aromatic carbocycles. The van der Waals surface area contributed by atoms with Crippen LogP contribution < -0.4 is 0 Å². The normalized spacial score (nSPS) is 17.2. The highest BCUT2D eigenvalue weighted by Gasteiger charge is 2.32. The molecule has 2 heteroatoms. The number of likely N-dealkylation sites (N-methyl/N-ethyl adjacent to an activating group) is 1. The molecular weight excluding hydrogens is 210 g/mol. The molecule has 1 atom stereocenters. The summed E-state index contributed by atoms with van der Waals surface area (Å²) in [7, 11) is 2.06. The van der Waals surface area contributed by atoms with Crippen molar-refractivity contribution in [2.75, 3.05) is 7.05 Å². The Hall–Kier alpha value is -1.15. The Morgan fingerprint density at radius 2 is 1.94 bits per heavy atom. The molecule has 1 fully saturated rings. The quantitative estimate of drug-likeness (QED) is 0.742. The number of carbonyl (C=O) groups excluding carboxylic acids is 1. The lowest BCUT2D eigenvalue weighted by Crippen LogP contribution is -2.37. The van der Waals surface area contributed by atoms with Crippen LogP contribution in [0.3, 0.4) is 0 Å². The van der Waals surface area contributed by atoms with Gasteiger partial charge in [-0.2, -0.15) is 0 Å². The van der Waals surface area contributed by atoms with E-state index in [9.17, 15) is 4.79 Å². The molecule has 0 radical (unpaired) electrons. The number of hydrogen-bond donors (Lipinski definition) is 0. The zero-order valence-corrected chi connectivity index (χ0v) is 11.2. The number of ketones is 1. The first kappa shape index (κ1) is 12.3. The van der Waals surface area contributed by atoms with E-state index in [1.165, 1.54) is 24.0 Å². The standard InChI is InChI=1S/C15H21NO/c1-10-5-6-13(9-11(10)2)15(17)12(3)16(4)14-7-8-14/h5-6,9,12,14H,7-8H2,1-4H3. The summed E-state index contributed by atoms with van der Waals surface area (Å²) in [5, 5.41) is 0. The van der Waals surface area contributed by atoms with Crippen molar-refractivity contribution in [2.45, 2.75) is 45.7 Å². The van der Waals surface area contributed by atoms with Gasteiger partial charge in [-0.15, -0.1) is 0 Å². The van der Waals surface area contributed by atoms with Crippen molar-refractivity contribution in [3.05, 3.63) is 34.9 Å². The van der Waals surface area contributed by atoms with E-state index in [1.807, 2.05) is 25.1 Å². The number of nitrogens with zero attached hydrogens (tertiary/aromatic N) is 1. The first-order valence-corrected chi connectivity index (χ1v) is 6.34. The first-order chi connectivity index (χ1) is 8.00. The van der Waals surface area contributed by atoms with E-state index in [0.717, 1.165) is 5.56 Å². The molecule has 1 aromatic rings.